The molecule has 1 aromatic heterocycles. The van der Waals surface area contributed by atoms with E-state index < -0.39 is 0 Å². The Kier molecular flexibility index (Phi) is 4.69. The van der Waals surface area contributed by atoms with Crippen molar-refractivity contribution >= 4 is 15.9 Å². The number of hydrogen-bond acceptors (Lipinski definition) is 3. The Bertz CT molecular complexity index is 436. The van der Waals surface area contributed by atoms with Gasteiger partial charge in [0.05, 0.1) is 22.5 Å². The second-order valence-corrected chi connectivity index (χ2v) is 6.66. The van der Waals surface area contributed by atoms with Crippen LogP contribution < -0.4 is 5.73 Å². The summed E-state index contributed by atoms with van der Waals surface area (Å²) in [4.78, 5) is 0. The molecule has 0 aliphatic heterocycles. The molecular formula is C14H24BrN3O. The lowest BCUT2D eigenvalue weighted by atomic mass is 9.79. The van der Waals surface area contributed by atoms with Crippen LogP contribution in [0.3, 0.4) is 0 Å². The fraction of sp³-hybridized carbons (Fsp3) is 0.786. The van der Waals surface area contributed by atoms with E-state index in [1.54, 1.807) is 0 Å². The summed E-state index contributed by atoms with van der Waals surface area (Å²) < 4.78 is 3.01. The predicted molar refractivity (Wildman–Crippen MR) is 79.9 cm³/mol. The van der Waals surface area contributed by atoms with E-state index in [4.69, 9.17) is 5.73 Å². The minimum Gasteiger partial charge on any atom is -0.396 e. The van der Waals surface area contributed by atoms with E-state index in [-0.39, 0.29) is 12.0 Å². The van der Waals surface area contributed by atoms with Crippen molar-refractivity contribution in [3.8, 4) is 0 Å². The molecule has 1 aliphatic rings. The third kappa shape index (κ3) is 3.20. The number of hydrogen-bond donors (Lipinski definition) is 2. The monoisotopic (exact) mass is 329 g/mol. The smallest absolute Gasteiger partial charge is 0.0766 e. The van der Waals surface area contributed by atoms with Crippen LogP contribution in [-0.2, 0) is 19.9 Å². The molecule has 108 valence electrons. The second kappa shape index (κ2) is 5.94. The topological polar surface area (TPSA) is 64.1 Å². The highest BCUT2D eigenvalue weighted by atomic mass is 79.9. The maximum absolute atomic E-state index is 9.84. The lowest BCUT2D eigenvalue weighted by Gasteiger charge is -2.30. The van der Waals surface area contributed by atoms with Gasteiger partial charge in [-0.3, -0.25) is 4.68 Å². The molecule has 1 aromatic rings. The lowest BCUT2D eigenvalue weighted by Crippen LogP contribution is -2.37. The highest BCUT2D eigenvalue weighted by Crippen LogP contribution is 2.42. The highest BCUT2D eigenvalue weighted by molar-refractivity contribution is 9.10. The summed E-state index contributed by atoms with van der Waals surface area (Å²) in [6.45, 7) is 2.78. The van der Waals surface area contributed by atoms with Gasteiger partial charge in [0.1, 0.15) is 0 Å². The number of aryl methyl sites for hydroxylation is 2. The van der Waals surface area contributed by atoms with Crippen LogP contribution in [0.4, 0.5) is 0 Å². The van der Waals surface area contributed by atoms with Gasteiger partial charge in [-0.05, 0) is 41.1 Å². The van der Waals surface area contributed by atoms with Crippen LogP contribution >= 0.6 is 15.9 Å². The van der Waals surface area contributed by atoms with Gasteiger partial charge < -0.3 is 10.8 Å². The van der Waals surface area contributed by atoms with Gasteiger partial charge >= 0.3 is 0 Å². The summed E-state index contributed by atoms with van der Waals surface area (Å²) in [5.41, 5.74) is 8.01. The number of halogens is 1. The molecule has 0 saturated heterocycles. The first-order valence-corrected chi connectivity index (χ1v) is 7.85. The molecule has 19 heavy (non-hydrogen) atoms. The van der Waals surface area contributed by atoms with Gasteiger partial charge in [0.25, 0.3) is 0 Å². The molecule has 2 rings (SSSR count). The highest BCUT2D eigenvalue weighted by Gasteiger charge is 2.37. The molecule has 5 heteroatoms. The number of nitrogens with zero attached hydrogens (tertiary/aromatic N) is 2. The van der Waals surface area contributed by atoms with E-state index in [9.17, 15) is 5.11 Å². The third-order valence-electron chi connectivity index (χ3n) is 4.23. The minimum absolute atomic E-state index is 0.152. The van der Waals surface area contributed by atoms with E-state index in [1.807, 2.05) is 11.7 Å². The number of rotatable bonds is 7. The molecular weight excluding hydrogens is 306 g/mol. The number of aromatic nitrogens is 2. The number of nitrogens with two attached hydrogens (primary N) is 1. The van der Waals surface area contributed by atoms with Crippen LogP contribution in [0.5, 0.6) is 0 Å². The van der Waals surface area contributed by atoms with Crippen molar-refractivity contribution < 1.29 is 5.11 Å². The van der Waals surface area contributed by atoms with Gasteiger partial charge in [-0.15, -0.1) is 0 Å². The third-order valence-corrected chi connectivity index (χ3v) is 5.15. The zero-order valence-corrected chi connectivity index (χ0v) is 13.4. The molecule has 1 fully saturated rings. The standard InChI is InChI=1S/C14H24BrN3O/c1-3-11-13(15)12(18(2)17-11)7-14(8-16,9-19)6-10-4-5-10/h10,19H,3-9,16H2,1-2H3. The minimum atomic E-state index is -0.192. The summed E-state index contributed by atoms with van der Waals surface area (Å²) in [5.74, 6) is 0.758. The van der Waals surface area contributed by atoms with Crippen molar-refractivity contribution in [2.75, 3.05) is 13.2 Å². The quantitative estimate of drug-likeness (QED) is 0.804. The average molecular weight is 330 g/mol. The van der Waals surface area contributed by atoms with Crippen molar-refractivity contribution in [1.82, 2.24) is 9.78 Å². The molecule has 1 saturated carbocycles. The number of aliphatic hydroxyl groups is 1. The summed E-state index contributed by atoms with van der Waals surface area (Å²) in [6.07, 6.45) is 5.30. The average Bonchev–Trinajstić information content (AvgIpc) is 3.19. The normalized spacial score (nSPS) is 18.6. The first kappa shape index (κ1) is 15.0. The Morgan fingerprint density at radius 2 is 2.21 bits per heavy atom. The molecule has 0 amide bonds. The molecule has 0 radical (unpaired) electrons. The summed E-state index contributed by atoms with van der Waals surface area (Å²) >= 11 is 3.65. The van der Waals surface area contributed by atoms with Crippen LogP contribution in [0.1, 0.15) is 37.6 Å². The fourth-order valence-electron chi connectivity index (χ4n) is 2.71. The van der Waals surface area contributed by atoms with Crippen LogP contribution in [-0.4, -0.2) is 28.0 Å². The van der Waals surface area contributed by atoms with E-state index >= 15 is 0 Å². The number of aliphatic hydroxyl groups excluding tert-OH is 1. The molecule has 4 nitrogen and oxygen atoms in total. The van der Waals surface area contributed by atoms with Crippen LogP contribution in [0, 0.1) is 11.3 Å². The SMILES string of the molecule is CCc1nn(C)c(CC(CN)(CO)CC2CC2)c1Br. The maximum atomic E-state index is 9.84. The summed E-state index contributed by atoms with van der Waals surface area (Å²) in [5, 5.41) is 14.4. The zero-order chi connectivity index (χ0) is 14.0. The molecule has 1 heterocycles. The Balaban J connectivity index is 2.22. The first-order valence-electron chi connectivity index (χ1n) is 7.06. The molecule has 1 unspecified atom stereocenters. The molecule has 0 bridgehead atoms. The van der Waals surface area contributed by atoms with Crippen LogP contribution in [0.25, 0.3) is 0 Å². The molecule has 1 atom stereocenters. The van der Waals surface area contributed by atoms with Gasteiger partial charge in [0, 0.05) is 19.0 Å². The van der Waals surface area contributed by atoms with Gasteiger partial charge in [-0.25, -0.2) is 0 Å². The van der Waals surface area contributed by atoms with Crippen molar-refractivity contribution in [2.24, 2.45) is 24.1 Å². The van der Waals surface area contributed by atoms with Crippen molar-refractivity contribution in [2.45, 2.75) is 39.0 Å². The van der Waals surface area contributed by atoms with E-state index in [0.29, 0.717) is 6.54 Å². The van der Waals surface area contributed by atoms with Gasteiger partial charge in [-0.1, -0.05) is 19.8 Å². The van der Waals surface area contributed by atoms with E-state index in [1.165, 1.54) is 12.8 Å². The van der Waals surface area contributed by atoms with Crippen LogP contribution in [0.15, 0.2) is 4.47 Å². The summed E-state index contributed by atoms with van der Waals surface area (Å²) in [7, 11) is 1.97. The van der Waals surface area contributed by atoms with Crippen molar-refractivity contribution in [1.29, 1.82) is 0 Å². The molecule has 0 aromatic carbocycles. The fourth-order valence-corrected chi connectivity index (χ4v) is 3.47. The second-order valence-electron chi connectivity index (χ2n) is 5.87. The van der Waals surface area contributed by atoms with Gasteiger partial charge in [0.15, 0.2) is 0 Å². The van der Waals surface area contributed by atoms with Crippen molar-refractivity contribution in [3.05, 3.63) is 15.9 Å². The maximum Gasteiger partial charge on any atom is 0.0766 e. The Hall–Kier alpha value is -0.390. The van der Waals surface area contributed by atoms with Crippen LogP contribution in [0.2, 0.25) is 0 Å². The molecule has 3 N–H and O–H groups in total. The van der Waals surface area contributed by atoms with Crippen molar-refractivity contribution in [3.63, 3.8) is 0 Å². The van der Waals surface area contributed by atoms with Gasteiger partial charge in [-0.2, -0.15) is 5.10 Å². The summed E-state index contributed by atoms with van der Waals surface area (Å²) in [6, 6.07) is 0. The first-order chi connectivity index (χ1) is 9.05. The van der Waals surface area contributed by atoms with Gasteiger partial charge in [0.2, 0.25) is 0 Å². The Morgan fingerprint density at radius 3 is 2.63 bits per heavy atom. The largest absolute Gasteiger partial charge is 0.396 e. The Morgan fingerprint density at radius 1 is 1.53 bits per heavy atom. The van der Waals surface area contributed by atoms with E-state index in [0.717, 1.165) is 41.0 Å². The molecule has 1 aliphatic carbocycles. The zero-order valence-electron chi connectivity index (χ0n) is 11.8. The van der Waals surface area contributed by atoms with E-state index in [2.05, 4.69) is 28.0 Å². The predicted octanol–water partition coefficient (Wildman–Crippen LogP) is 2.02. The lowest BCUT2D eigenvalue weighted by molar-refractivity contribution is 0.113. The Labute approximate surface area is 123 Å². The molecule has 0 spiro atoms.